The van der Waals surface area contributed by atoms with Crippen LogP contribution in [0, 0.1) is 0 Å². The molecule has 130 valence electrons. The van der Waals surface area contributed by atoms with Crippen molar-refractivity contribution in [2.24, 2.45) is 0 Å². The molecule has 0 N–H and O–H groups in total. The molecular formula is C22H24O3. The van der Waals surface area contributed by atoms with Gasteiger partial charge in [-0.25, -0.2) is 0 Å². The van der Waals surface area contributed by atoms with Crippen molar-refractivity contribution in [3.05, 3.63) is 110 Å². The second kappa shape index (κ2) is 10.6. The van der Waals surface area contributed by atoms with E-state index in [0.717, 1.165) is 5.57 Å². The number of ether oxygens (including phenoxy) is 1. The lowest BCUT2D eigenvalue weighted by atomic mass is 10.0. The first-order valence-corrected chi connectivity index (χ1v) is 7.42. The Morgan fingerprint density at radius 3 is 1.48 bits per heavy atom. The first-order chi connectivity index (χ1) is 11.5. The highest BCUT2D eigenvalue weighted by atomic mass is 16.5. The van der Waals surface area contributed by atoms with Crippen molar-refractivity contribution in [1.82, 2.24) is 0 Å². The van der Waals surface area contributed by atoms with E-state index in [1.54, 1.807) is 12.2 Å². The Kier molecular flexibility index (Phi) is 9.20. The highest BCUT2D eigenvalue weighted by Gasteiger charge is 2.07. The molecule has 0 aromatic rings. The van der Waals surface area contributed by atoms with Crippen molar-refractivity contribution in [3.63, 3.8) is 0 Å². The molecule has 0 aromatic carbocycles. The van der Waals surface area contributed by atoms with Crippen LogP contribution in [0.5, 0.6) is 0 Å². The van der Waals surface area contributed by atoms with Gasteiger partial charge in [-0.05, 0) is 32.1 Å². The van der Waals surface area contributed by atoms with Gasteiger partial charge in [0.2, 0.25) is 0 Å². The number of carbonyl (C=O) groups excluding carboxylic acids is 2. The third kappa shape index (κ3) is 9.51. The average Bonchev–Trinajstić information content (AvgIpc) is 2.54. The monoisotopic (exact) mass is 336 g/mol. The summed E-state index contributed by atoms with van der Waals surface area (Å²) in [7, 11) is 0. The quantitative estimate of drug-likeness (QED) is 0.299. The largest absolute Gasteiger partial charge is 0.459 e. The maximum Gasteiger partial charge on any atom is 0.191 e. The summed E-state index contributed by atoms with van der Waals surface area (Å²) >= 11 is 0. The lowest BCUT2D eigenvalue weighted by molar-refractivity contribution is -0.113. The van der Waals surface area contributed by atoms with E-state index >= 15 is 0 Å². The number of carbonyl (C=O) groups is 2. The third-order valence-corrected chi connectivity index (χ3v) is 2.81. The third-order valence-electron chi connectivity index (χ3n) is 2.81. The molecule has 3 nitrogen and oxygen atoms in total. The van der Waals surface area contributed by atoms with Gasteiger partial charge in [0.1, 0.15) is 11.5 Å². The molecule has 0 rings (SSSR count). The molecule has 0 aromatic heterocycles. The minimum absolute atomic E-state index is 0.176. The SMILES string of the molecule is C=C(C)/C=C\C(=C)OC(=C)/C=C\C(=C)C(=O)C(=C)/C=C\C(=C)C(C)=O. The van der Waals surface area contributed by atoms with Gasteiger partial charge in [-0.2, -0.15) is 0 Å². The fourth-order valence-electron chi connectivity index (χ4n) is 1.34. The minimum atomic E-state index is -0.363. The lowest BCUT2D eigenvalue weighted by Gasteiger charge is -2.05. The molecule has 0 atom stereocenters. The standard InChI is InChI=1S/C22H24O3/c1-15(2)9-13-19(6)25-20(7)14-12-18(5)22(24)17(4)11-10-16(3)21(8)23/h9-14H,1,3-7H2,2,8H3/b11-10-,13-9-,14-12-. The molecule has 25 heavy (non-hydrogen) atoms. The first kappa shape index (κ1) is 21.8. The van der Waals surface area contributed by atoms with E-state index in [1.165, 1.54) is 31.2 Å². The van der Waals surface area contributed by atoms with Crippen LogP contribution in [-0.2, 0) is 14.3 Å². The molecule has 0 radical (unpaired) electrons. The summed E-state index contributed by atoms with van der Waals surface area (Å²) in [5.41, 5.74) is 1.55. The highest BCUT2D eigenvalue weighted by Crippen LogP contribution is 2.11. The van der Waals surface area contributed by atoms with Crippen molar-refractivity contribution in [2.75, 3.05) is 0 Å². The van der Waals surface area contributed by atoms with E-state index in [0.29, 0.717) is 17.1 Å². The zero-order valence-corrected chi connectivity index (χ0v) is 14.9. The van der Waals surface area contributed by atoms with Crippen LogP contribution in [0.2, 0.25) is 0 Å². The van der Waals surface area contributed by atoms with Gasteiger partial charge in [0.25, 0.3) is 0 Å². The Morgan fingerprint density at radius 2 is 1.04 bits per heavy atom. The molecule has 0 saturated heterocycles. The van der Waals surface area contributed by atoms with Crippen LogP contribution in [0.15, 0.2) is 110 Å². The van der Waals surface area contributed by atoms with E-state index in [2.05, 4.69) is 39.5 Å². The van der Waals surface area contributed by atoms with Crippen molar-refractivity contribution < 1.29 is 14.3 Å². The summed E-state index contributed by atoms with van der Waals surface area (Å²) in [6.45, 7) is 25.3. The Morgan fingerprint density at radius 1 is 0.640 bits per heavy atom. The summed E-state index contributed by atoms with van der Waals surface area (Å²) in [4.78, 5) is 23.2. The number of hydrogen-bond acceptors (Lipinski definition) is 3. The second-order valence-electron chi connectivity index (χ2n) is 5.34. The number of allylic oxidation sites excluding steroid dienone is 10. The van der Waals surface area contributed by atoms with Crippen LogP contribution in [0.25, 0.3) is 0 Å². The normalized spacial score (nSPS) is 10.8. The van der Waals surface area contributed by atoms with Crippen LogP contribution >= 0.6 is 0 Å². The van der Waals surface area contributed by atoms with Crippen LogP contribution in [0.3, 0.4) is 0 Å². The molecular weight excluding hydrogens is 312 g/mol. The number of Topliss-reactive ketones (excluding diaryl/α,β-unsaturated/α-hetero) is 2. The average molecular weight is 336 g/mol. The molecule has 0 bridgehead atoms. The van der Waals surface area contributed by atoms with Gasteiger partial charge in [0.05, 0.1) is 0 Å². The van der Waals surface area contributed by atoms with Gasteiger partial charge >= 0.3 is 0 Å². The molecule has 0 aliphatic rings. The fraction of sp³-hybridized carbons (Fsp3) is 0.0909. The fourth-order valence-corrected chi connectivity index (χ4v) is 1.34. The van der Waals surface area contributed by atoms with Crippen molar-refractivity contribution >= 4 is 11.6 Å². The Labute approximate surface area is 150 Å². The van der Waals surface area contributed by atoms with E-state index in [-0.39, 0.29) is 22.7 Å². The summed E-state index contributed by atoms with van der Waals surface area (Å²) in [6, 6.07) is 0. The summed E-state index contributed by atoms with van der Waals surface area (Å²) in [5, 5.41) is 0. The summed E-state index contributed by atoms with van der Waals surface area (Å²) in [5.74, 6) is 0.156. The predicted molar refractivity (Wildman–Crippen MR) is 105 cm³/mol. The first-order valence-electron chi connectivity index (χ1n) is 7.42. The molecule has 3 heteroatoms. The molecule has 0 saturated carbocycles. The maximum absolute atomic E-state index is 12.1. The van der Waals surface area contributed by atoms with E-state index in [9.17, 15) is 9.59 Å². The predicted octanol–water partition coefficient (Wildman–Crippen LogP) is 5.10. The van der Waals surface area contributed by atoms with Gasteiger partial charge in [-0.1, -0.05) is 63.3 Å². The zero-order chi connectivity index (χ0) is 19.6. The maximum atomic E-state index is 12.1. The Balaban J connectivity index is 4.70. The molecule has 0 heterocycles. The molecule has 0 aliphatic heterocycles. The highest BCUT2D eigenvalue weighted by molar-refractivity contribution is 6.11. The van der Waals surface area contributed by atoms with E-state index < -0.39 is 0 Å². The molecule has 0 unspecified atom stereocenters. The van der Waals surface area contributed by atoms with Gasteiger partial charge in [0, 0.05) is 16.7 Å². The summed E-state index contributed by atoms with van der Waals surface area (Å²) in [6.07, 6.45) is 9.27. The topological polar surface area (TPSA) is 43.4 Å². The van der Waals surface area contributed by atoms with Crippen LogP contribution in [0.4, 0.5) is 0 Å². The Bertz CT molecular complexity index is 737. The summed E-state index contributed by atoms with van der Waals surface area (Å²) < 4.78 is 5.36. The van der Waals surface area contributed by atoms with Crippen LogP contribution < -0.4 is 0 Å². The van der Waals surface area contributed by atoms with Gasteiger partial charge in [-0.3, -0.25) is 9.59 Å². The van der Waals surface area contributed by atoms with Gasteiger partial charge in [0.15, 0.2) is 11.6 Å². The molecule has 0 fully saturated rings. The molecule has 0 spiro atoms. The minimum Gasteiger partial charge on any atom is -0.459 e. The lowest BCUT2D eigenvalue weighted by Crippen LogP contribution is -2.01. The van der Waals surface area contributed by atoms with Crippen molar-refractivity contribution in [1.29, 1.82) is 0 Å². The molecule has 0 aliphatic carbocycles. The molecule has 0 amide bonds. The smallest absolute Gasteiger partial charge is 0.191 e. The van der Waals surface area contributed by atoms with Crippen LogP contribution in [0.1, 0.15) is 13.8 Å². The van der Waals surface area contributed by atoms with E-state index in [1.807, 2.05) is 6.92 Å². The van der Waals surface area contributed by atoms with Gasteiger partial charge < -0.3 is 4.74 Å². The zero-order valence-electron chi connectivity index (χ0n) is 14.9. The van der Waals surface area contributed by atoms with Crippen LogP contribution in [-0.4, -0.2) is 11.6 Å². The van der Waals surface area contributed by atoms with Crippen molar-refractivity contribution in [2.45, 2.75) is 13.8 Å². The number of rotatable bonds is 11. The second-order valence-corrected chi connectivity index (χ2v) is 5.34. The van der Waals surface area contributed by atoms with E-state index in [4.69, 9.17) is 4.74 Å². The van der Waals surface area contributed by atoms with Crippen molar-refractivity contribution in [3.8, 4) is 0 Å². The number of hydrogen-bond donors (Lipinski definition) is 0. The number of ketones is 2. The van der Waals surface area contributed by atoms with Gasteiger partial charge in [-0.15, -0.1) is 0 Å². The Hall–Kier alpha value is -3.20.